The van der Waals surface area contributed by atoms with Crippen LogP contribution in [0.25, 0.3) is 0 Å². The number of amides is 2. The first-order chi connectivity index (χ1) is 15.2. The summed E-state index contributed by atoms with van der Waals surface area (Å²) in [5.41, 5.74) is 2.52. The van der Waals surface area contributed by atoms with Crippen molar-refractivity contribution in [1.29, 1.82) is 0 Å². The molecule has 170 valence electrons. The first kappa shape index (κ1) is 23.7. The van der Waals surface area contributed by atoms with E-state index in [0.29, 0.717) is 43.3 Å². The molecule has 0 aliphatic carbocycles. The number of carbonyl (C=O) groups is 2. The van der Waals surface area contributed by atoms with Crippen molar-refractivity contribution in [2.75, 3.05) is 38.2 Å². The molecule has 0 unspecified atom stereocenters. The third-order valence-corrected chi connectivity index (χ3v) is 5.24. The normalized spacial score (nSPS) is 13.9. The van der Waals surface area contributed by atoms with Gasteiger partial charge in [0, 0.05) is 24.3 Å². The lowest BCUT2D eigenvalue weighted by atomic mass is 9.87. The number of anilines is 1. The van der Waals surface area contributed by atoms with Crippen LogP contribution in [0.3, 0.4) is 0 Å². The molecular formula is C24H29N3O4S. The van der Waals surface area contributed by atoms with Crippen LogP contribution in [-0.4, -0.2) is 54.7 Å². The van der Waals surface area contributed by atoms with E-state index < -0.39 is 0 Å². The van der Waals surface area contributed by atoms with Crippen LogP contribution in [0.2, 0.25) is 0 Å². The topological polar surface area (TPSA) is 79.9 Å². The number of thiocarbonyl (C=S) groups is 1. The second-order valence-corrected chi connectivity index (χ2v) is 8.96. The van der Waals surface area contributed by atoms with Crippen molar-refractivity contribution < 1.29 is 19.1 Å². The molecule has 2 aromatic carbocycles. The minimum Gasteiger partial charge on any atom is -0.484 e. The molecule has 0 atom stereocenters. The zero-order chi connectivity index (χ0) is 23.1. The average molecular weight is 456 g/mol. The summed E-state index contributed by atoms with van der Waals surface area (Å²) in [4.78, 5) is 26.4. The molecule has 0 spiro atoms. The number of nitrogens with one attached hydrogen (secondary N) is 2. The van der Waals surface area contributed by atoms with Crippen molar-refractivity contribution in [3.63, 3.8) is 0 Å². The Balaban J connectivity index is 1.44. The number of ether oxygens (including phenoxy) is 2. The van der Waals surface area contributed by atoms with Crippen molar-refractivity contribution in [3.8, 4) is 5.75 Å². The third-order valence-electron chi connectivity index (χ3n) is 5.03. The smallest absolute Gasteiger partial charge is 0.264 e. The molecule has 1 heterocycles. The van der Waals surface area contributed by atoms with Gasteiger partial charge < -0.3 is 19.7 Å². The van der Waals surface area contributed by atoms with Crippen LogP contribution in [0.15, 0.2) is 48.5 Å². The maximum Gasteiger partial charge on any atom is 0.264 e. The van der Waals surface area contributed by atoms with Gasteiger partial charge in [-0.1, -0.05) is 32.9 Å². The van der Waals surface area contributed by atoms with Crippen LogP contribution in [0.5, 0.6) is 5.75 Å². The Morgan fingerprint density at radius 2 is 1.66 bits per heavy atom. The molecule has 8 heteroatoms. The van der Waals surface area contributed by atoms with Gasteiger partial charge in [-0.25, -0.2) is 0 Å². The number of carbonyl (C=O) groups excluding carboxylic acids is 2. The fourth-order valence-corrected chi connectivity index (χ4v) is 3.40. The molecule has 3 rings (SSSR count). The van der Waals surface area contributed by atoms with E-state index in [1.165, 1.54) is 5.56 Å². The summed E-state index contributed by atoms with van der Waals surface area (Å²) in [6, 6.07) is 14.6. The van der Waals surface area contributed by atoms with E-state index in [2.05, 4.69) is 31.4 Å². The van der Waals surface area contributed by atoms with Crippen molar-refractivity contribution in [2.24, 2.45) is 0 Å². The van der Waals surface area contributed by atoms with Crippen LogP contribution in [-0.2, 0) is 14.9 Å². The molecule has 2 N–H and O–H groups in total. The van der Waals surface area contributed by atoms with E-state index in [0.717, 1.165) is 0 Å². The van der Waals surface area contributed by atoms with Crippen molar-refractivity contribution in [1.82, 2.24) is 10.2 Å². The van der Waals surface area contributed by atoms with Gasteiger partial charge in [0.2, 0.25) is 0 Å². The Hall–Kier alpha value is -2.97. The second kappa shape index (κ2) is 10.6. The number of rotatable bonds is 5. The molecule has 0 bridgehead atoms. The Morgan fingerprint density at radius 3 is 2.25 bits per heavy atom. The van der Waals surface area contributed by atoms with E-state index in [1.807, 2.05) is 24.3 Å². The highest BCUT2D eigenvalue weighted by Gasteiger charge is 2.18. The molecule has 0 saturated carbocycles. The Bertz CT molecular complexity index is 947. The van der Waals surface area contributed by atoms with Crippen molar-refractivity contribution in [2.45, 2.75) is 26.2 Å². The fourth-order valence-electron chi connectivity index (χ4n) is 3.17. The molecular weight excluding hydrogens is 426 g/mol. The predicted molar refractivity (Wildman–Crippen MR) is 128 cm³/mol. The zero-order valence-electron chi connectivity index (χ0n) is 18.6. The van der Waals surface area contributed by atoms with E-state index in [1.54, 1.807) is 29.2 Å². The minimum atomic E-state index is -0.360. The molecule has 32 heavy (non-hydrogen) atoms. The highest BCUT2D eigenvalue weighted by atomic mass is 32.1. The van der Waals surface area contributed by atoms with Gasteiger partial charge in [-0.15, -0.1) is 0 Å². The van der Waals surface area contributed by atoms with Gasteiger partial charge in [0.15, 0.2) is 11.7 Å². The number of nitrogens with zero attached hydrogens (tertiary/aromatic N) is 1. The summed E-state index contributed by atoms with van der Waals surface area (Å²) in [5.74, 6) is 0.234. The molecule has 2 amide bonds. The van der Waals surface area contributed by atoms with Gasteiger partial charge in [-0.2, -0.15) is 0 Å². The summed E-state index contributed by atoms with van der Waals surface area (Å²) in [5, 5.41) is 5.69. The van der Waals surface area contributed by atoms with Gasteiger partial charge in [0.1, 0.15) is 5.75 Å². The molecule has 1 saturated heterocycles. The predicted octanol–water partition coefficient (Wildman–Crippen LogP) is 3.35. The van der Waals surface area contributed by atoms with Crippen molar-refractivity contribution >= 4 is 34.8 Å². The third kappa shape index (κ3) is 6.77. The van der Waals surface area contributed by atoms with Crippen LogP contribution < -0.4 is 15.4 Å². The van der Waals surface area contributed by atoms with Gasteiger partial charge >= 0.3 is 0 Å². The van der Waals surface area contributed by atoms with E-state index >= 15 is 0 Å². The summed E-state index contributed by atoms with van der Waals surface area (Å²) in [6.07, 6.45) is 0. The van der Waals surface area contributed by atoms with Gasteiger partial charge in [-0.05, 0) is 59.6 Å². The summed E-state index contributed by atoms with van der Waals surface area (Å²) < 4.78 is 10.8. The largest absolute Gasteiger partial charge is 0.484 e. The van der Waals surface area contributed by atoms with Gasteiger partial charge in [0.05, 0.1) is 13.2 Å². The first-order valence-electron chi connectivity index (χ1n) is 10.5. The maximum absolute atomic E-state index is 12.5. The lowest BCUT2D eigenvalue weighted by Crippen LogP contribution is -2.40. The SMILES string of the molecule is CC(C)(C)c1ccc(OCC(=O)NC(=S)Nc2ccc(C(=O)N3CCOCC3)cc2)cc1. The zero-order valence-corrected chi connectivity index (χ0v) is 19.5. The van der Waals surface area contributed by atoms with Crippen molar-refractivity contribution in [3.05, 3.63) is 59.7 Å². The van der Waals surface area contributed by atoms with E-state index in [-0.39, 0.29) is 28.9 Å². The lowest BCUT2D eigenvalue weighted by molar-refractivity contribution is -0.121. The number of hydrogen-bond donors (Lipinski definition) is 2. The summed E-state index contributed by atoms with van der Waals surface area (Å²) >= 11 is 5.20. The highest BCUT2D eigenvalue weighted by Crippen LogP contribution is 2.24. The van der Waals surface area contributed by atoms with Gasteiger partial charge in [-0.3, -0.25) is 14.9 Å². The minimum absolute atomic E-state index is 0.0246. The monoisotopic (exact) mass is 455 g/mol. The summed E-state index contributed by atoms with van der Waals surface area (Å²) in [6.45, 7) is 8.58. The van der Waals surface area contributed by atoms with Crippen LogP contribution in [0, 0.1) is 0 Å². The van der Waals surface area contributed by atoms with E-state index in [4.69, 9.17) is 21.7 Å². The summed E-state index contributed by atoms with van der Waals surface area (Å²) in [7, 11) is 0. The Morgan fingerprint density at radius 1 is 1.03 bits per heavy atom. The molecule has 0 radical (unpaired) electrons. The number of benzene rings is 2. The second-order valence-electron chi connectivity index (χ2n) is 8.55. The standard InChI is InChI=1S/C24H29N3O4S/c1-24(2,3)18-6-10-20(11-7-18)31-16-21(28)26-23(32)25-19-8-4-17(5-9-19)22(29)27-12-14-30-15-13-27/h4-11H,12-16H2,1-3H3,(H2,25,26,28,32). The highest BCUT2D eigenvalue weighted by molar-refractivity contribution is 7.80. The maximum atomic E-state index is 12.5. The fraction of sp³-hybridized carbons (Fsp3) is 0.375. The van der Waals surface area contributed by atoms with Crippen LogP contribution in [0.1, 0.15) is 36.7 Å². The Labute approximate surface area is 194 Å². The quantitative estimate of drug-likeness (QED) is 0.673. The molecule has 1 aliphatic heterocycles. The first-order valence-corrected chi connectivity index (χ1v) is 10.9. The molecule has 7 nitrogen and oxygen atoms in total. The lowest BCUT2D eigenvalue weighted by Gasteiger charge is -2.26. The van der Waals surface area contributed by atoms with E-state index in [9.17, 15) is 9.59 Å². The Kier molecular flexibility index (Phi) is 7.82. The van der Waals surface area contributed by atoms with Gasteiger partial charge in [0.25, 0.3) is 11.8 Å². The molecule has 0 aromatic heterocycles. The van der Waals surface area contributed by atoms with Crippen LogP contribution in [0.4, 0.5) is 5.69 Å². The number of morpholine rings is 1. The average Bonchev–Trinajstić information content (AvgIpc) is 2.78. The molecule has 1 aliphatic rings. The van der Waals surface area contributed by atoms with Crippen LogP contribution >= 0.6 is 12.2 Å². The number of hydrogen-bond acceptors (Lipinski definition) is 5. The molecule has 1 fully saturated rings. The molecule has 2 aromatic rings.